The molecular weight excluding hydrogens is 448 g/mol. The number of oxazole rings is 1. The number of carbonyl (C=O) groups excluding carboxylic acids is 1. The summed E-state index contributed by atoms with van der Waals surface area (Å²) in [5, 5.41) is 0. The summed E-state index contributed by atoms with van der Waals surface area (Å²) in [5.41, 5.74) is 3.87. The summed E-state index contributed by atoms with van der Waals surface area (Å²) in [6.45, 7) is 6.35. The van der Waals surface area contributed by atoms with Gasteiger partial charge in [0.1, 0.15) is 11.6 Å². The molecule has 2 saturated heterocycles. The van der Waals surface area contributed by atoms with Crippen LogP contribution in [0.1, 0.15) is 60.2 Å². The number of piperidine rings is 2. The minimum Gasteiger partial charge on any atom is -0.440 e. The molecule has 2 fully saturated rings. The standard InChI is InChI=1S/C28H31F2N3O2/c1-17-5-4-6-18(2)26(17)33-16-20(7-10-24(33)34)25-27(22-9-8-21(29)15-23(22)30)35-28(31-25)19-11-13-32(3)14-12-19/h4-6,8-9,15,19-20H,7,10-14,16H2,1-3H3. The highest BCUT2D eigenvalue weighted by molar-refractivity contribution is 5.96. The van der Waals surface area contributed by atoms with Gasteiger partial charge in [0.05, 0.1) is 11.3 Å². The number of amides is 1. The molecule has 2 aromatic carbocycles. The van der Waals surface area contributed by atoms with Crippen LogP contribution in [0.2, 0.25) is 0 Å². The first-order chi connectivity index (χ1) is 16.8. The summed E-state index contributed by atoms with van der Waals surface area (Å²) in [7, 11) is 2.09. The summed E-state index contributed by atoms with van der Waals surface area (Å²) in [6.07, 6.45) is 2.81. The van der Waals surface area contributed by atoms with Crippen molar-refractivity contribution in [3.63, 3.8) is 0 Å². The fourth-order valence-corrected chi connectivity index (χ4v) is 5.44. The van der Waals surface area contributed by atoms with Crippen molar-refractivity contribution in [2.24, 2.45) is 0 Å². The van der Waals surface area contributed by atoms with E-state index in [1.807, 2.05) is 36.9 Å². The summed E-state index contributed by atoms with van der Waals surface area (Å²) >= 11 is 0. The van der Waals surface area contributed by atoms with Gasteiger partial charge >= 0.3 is 0 Å². The van der Waals surface area contributed by atoms with Crippen molar-refractivity contribution in [1.29, 1.82) is 0 Å². The van der Waals surface area contributed by atoms with Crippen molar-refractivity contribution < 1.29 is 18.0 Å². The molecule has 0 N–H and O–H groups in total. The van der Waals surface area contributed by atoms with Crippen LogP contribution in [-0.2, 0) is 4.79 Å². The summed E-state index contributed by atoms with van der Waals surface area (Å²) in [4.78, 5) is 22.0. The van der Waals surface area contributed by atoms with Crippen LogP contribution >= 0.6 is 0 Å². The van der Waals surface area contributed by atoms with Gasteiger partial charge in [-0.2, -0.15) is 0 Å². The molecule has 0 aliphatic carbocycles. The van der Waals surface area contributed by atoms with E-state index in [4.69, 9.17) is 9.40 Å². The number of aromatic nitrogens is 1. The highest BCUT2D eigenvalue weighted by atomic mass is 19.1. The van der Waals surface area contributed by atoms with E-state index in [2.05, 4.69) is 11.9 Å². The number of halogens is 2. The Hall–Kier alpha value is -3.06. The average Bonchev–Trinajstić information content (AvgIpc) is 3.25. The lowest BCUT2D eigenvalue weighted by Gasteiger charge is -2.34. The summed E-state index contributed by atoms with van der Waals surface area (Å²) in [5.74, 6) is -0.216. The maximum Gasteiger partial charge on any atom is 0.227 e. The van der Waals surface area contributed by atoms with Gasteiger partial charge in [-0.1, -0.05) is 18.2 Å². The fraction of sp³-hybridized carbons (Fsp3) is 0.429. The molecule has 0 radical (unpaired) electrons. The lowest BCUT2D eigenvalue weighted by molar-refractivity contribution is -0.119. The van der Waals surface area contributed by atoms with Crippen LogP contribution in [0, 0.1) is 25.5 Å². The molecule has 7 heteroatoms. The summed E-state index contributed by atoms with van der Waals surface area (Å²) < 4.78 is 34.8. The highest BCUT2D eigenvalue weighted by Crippen LogP contribution is 2.41. The Morgan fingerprint density at radius 3 is 2.40 bits per heavy atom. The lowest BCUT2D eigenvalue weighted by Crippen LogP contribution is -2.40. The fourth-order valence-electron chi connectivity index (χ4n) is 5.44. The topological polar surface area (TPSA) is 49.6 Å². The van der Waals surface area contributed by atoms with Crippen LogP contribution in [-0.4, -0.2) is 42.5 Å². The van der Waals surface area contributed by atoms with E-state index < -0.39 is 11.6 Å². The molecule has 2 aliphatic heterocycles. The third kappa shape index (κ3) is 4.61. The van der Waals surface area contributed by atoms with Crippen molar-refractivity contribution in [2.75, 3.05) is 31.6 Å². The first-order valence-corrected chi connectivity index (χ1v) is 12.3. The van der Waals surface area contributed by atoms with Crippen LogP contribution < -0.4 is 4.90 Å². The molecule has 184 valence electrons. The number of aryl methyl sites for hydroxylation is 2. The molecule has 5 nitrogen and oxygen atoms in total. The first-order valence-electron chi connectivity index (χ1n) is 12.3. The van der Waals surface area contributed by atoms with E-state index in [1.54, 1.807) is 0 Å². The predicted octanol–water partition coefficient (Wildman–Crippen LogP) is 5.96. The molecule has 0 bridgehead atoms. The van der Waals surface area contributed by atoms with Crippen LogP contribution in [0.3, 0.4) is 0 Å². The Morgan fingerprint density at radius 2 is 1.71 bits per heavy atom. The molecule has 3 aromatic rings. The van der Waals surface area contributed by atoms with Crippen LogP contribution in [0.5, 0.6) is 0 Å². The van der Waals surface area contributed by atoms with Crippen LogP contribution in [0.25, 0.3) is 11.3 Å². The Kier molecular flexibility index (Phi) is 6.45. The van der Waals surface area contributed by atoms with E-state index in [0.717, 1.165) is 48.8 Å². The second-order valence-electron chi connectivity index (χ2n) is 9.95. The van der Waals surface area contributed by atoms with Gasteiger partial charge < -0.3 is 14.2 Å². The number of hydrogen-bond donors (Lipinski definition) is 0. The van der Waals surface area contributed by atoms with Gasteiger partial charge in [-0.15, -0.1) is 0 Å². The molecule has 1 unspecified atom stereocenters. The monoisotopic (exact) mass is 479 g/mol. The number of likely N-dealkylation sites (tertiary alicyclic amines) is 1. The molecular formula is C28H31F2N3O2. The van der Waals surface area contributed by atoms with Crippen LogP contribution in [0.4, 0.5) is 14.5 Å². The number of nitrogens with zero attached hydrogens (tertiary/aromatic N) is 3. The quantitative estimate of drug-likeness (QED) is 0.464. The molecule has 35 heavy (non-hydrogen) atoms. The minimum absolute atomic E-state index is 0.0761. The third-order valence-corrected chi connectivity index (χ3v) is 7.42. The van der Waals surface area contributed by atoms with Gasteiger partial charge in [-0.25, -0.2) is 13.8 Å². The molecule has 2 aliphatic rings. The summed E-state index contributed by atoms with van der Waals surface area (Å²) in [6, 6.07) is 9.54. The molecule has 1 amide bonds. The number of carbonyl (C=O) groups is 1. The van der Waals surface area contributed by atoms with E-state index in [9.17, 15) is 13.6 Å². The van der Waals surface area contributed by atoms with E-state index in [0.29, 0.717) is 36.7 Å². The lowest BCUT2D eigenvalue weighted by atomic mass is 9.90. The first kappa shape index (κ1) is 23.7. The maximum absolute atomic E-state index is 14.9. The molecule has 1 atom stereocenters. The highest BCUT2D eigenvalue weighted by Gasteiger charge is 2.35. The van der Waals surface area contributed by atoms with Gasteiger partial charge in [0, 0.05) is 36.6 Å². The molecule has 1 aromatic heterocycles. The van der Waals surface area contributed by atoms with Crippen molar-refractivity contribution in [2.45, 2.75) is 51.4 Å². The van der Waals surface area contributed by atoms with Gasteiger partial charge in [0.25, 0.3) is 0 Å². The zero-order chi connectivity index (χ0) is 24.7. The Bertz CT molecular complexity index is 1230. The molecule has 0 saturated carbocycles. The largest absolute Gasteiger partial charge is 0.440 e. The molecule has 0 spiro atoms. The third-order valence-electron chi connectivity index (χ3n) is 7.42. The van der Waals surface area contributed by atoms with Gasteiger partial charge in [-0.05, 0) is 76.5 Å². The normalized spacial score (nSPS) is 20.0. The van der Waals surface area contributed by atoms with E-state index in [-0.39, 0.29) is 23.3 Å². The SMILES string of the molecule is Cc1cccc(C)c1N1CC(c2nc(C3CCN(C)CC3)oc2-c2ccc(F)cc2F)CCC1=O. The van der Waals surface area contributed by atoms with Gasteiger partial charge in [0.2, 0.25) is 5.91 Å². The van der Waals surface area contributed by atoms with E-state index in [1.165, 1.54) is 12.1 Å². The second kappa shape index (κ2) is 9.53. The van der Waals surface area contributed by atoms with E-state index >= 15 is 0 Å². The zero-order valence-corrected chi connectivity index (χ0v) is 20.5. The van der Waals surface area contributed by atoms with Crippen molar-refractivity contribution in [1.82, 2.24) is 9.88 Å². The smallest absolute Gasteiger partial charge is 0.227 e. The number of benzene rings is 2. The Labute approximate surface area is 204 Å². The Balaban J connectivity index is 1.55. The number of anilines is 1. The van der Waals surface area contributed by atoms with Gasteiger partial charge in [0.15, 0.2) is 11.7 Å². The Morgan fingerprint density at radius 1 is 1.00 bits per heavy atom. The number of para-hydroxylation sites is 1. The van der Waals surface area contributed by atoms with Crippen LogP contribution in [0.15, 0.2) is 40.8 Å². The second-order valence-corrected chi connectivity index (χ2v) is 9.95. The average molecular weight is 480 g/mol. The van der Waals surface area contributed by atoms with Crippen molar-refractivity contribution in [3.8, 4) is 11.3 Å². The van der Waals surface area contributed by atoms with Gasteiger partial charge in [-0.3, -0.25) is 4.79 Å². The van der Waals surface area contributed by atoms with Crippen molar-refractivity contribution in [3.05, 3.63) is 70.7 Å². The number of hydrogen-bond acceptors (Lipinski definition) is 4. The zero-order valence-electron chi connectivity index (χ0n) is 20.5. The molecule has 3 heterocycles. The minimum atomic E-state index is -0.671. The maximum atomic E-state index is 14.9. The predicted molar refractivity (Wildman–Crippen MR) is 132 cm³/mol. The molecule has 5 rings (SSSR count). The number of rotatable bonds is 4. The van der Waals surface area contributed by atoms with Crippen molar-refractivity contribution >= 4 is 11.6 Å².